The summed E-state index contributed by atoms with van der Waals surface area (Å²) in [4.78, 5) is 10.7. The number of carbonyl (C=O) groups is 1. The number of nitrogens with two attached hydrogens (primary N) is 1. The Morgan fingerprint density at radius 1 is 1.44 bits per heavy atom. The Bertz CT molecular complexity index is 405. The molecular weight excluding hydrogens is 206 g/mol. The van der Waals surface area contributed by atoms with E-state index in [2.05, 4.69) is 0 Å². The van der Waals surface area contributed by atoms with Crippen molar-refractivity contribution >= 4 is 5.97 Å². The van der Waals surface area contributed by atoms with Gasteiger partial charge in [0.2, 0.25) is 0 Å². The number of benzene rings is 1. The summed E-state index contributed by atoms with van der Waals surface area (Å²) in [6.07, 6.45) is 0.632. The van der Waals surface area contributed by atoms with Crippen LogP contribution in [-0.4, -0.2) is 28.3 Å². The Hall–Kier alpha value is -1.39. The zero-order valence-corrected chi connectivity index (χ0v) is 8.84. The maximum atomic E-state index is 10.7. The van der Waals surface area contributed by atoms with Crippen LogP contribution in [0.2, 0.25) is 0 Å². The highest BCUT2D eigenvalue weighted by molar-refractivity contribution is 5.74. The van der Waals surface area contributed by atoms with Crippen LogP contribution in [0.15, 0.2) is 24.3 Å². The van der Waals surface area contributed by atoms with Crippen LogP contribution in [0.5, 0.6) is 0 Å². The molecule has 4 nitrogen and oxygen atoms in total. The molecule has 0 spiro atoms. The first-order valence-electron chi connectivity index (χ1n) is 5.35. The minimum Gasteiger partial charge on any atom is -0.480 e. The van der Waals surface area contributed by atoms with Crippen LogP contribution < -0.4 is 5.73 Å². The van der Waals surface area contributed by atoms with Gasteiger partial charge in [0.1, 0.15) is 6.04 Å². The van der Waals surface area contributed by atoms with E-state index in [1.54, 1.807) is 0 Å². The zero-order valence-electron chi connectivity index (χ0n) is 8.84. The van der Waals surface area contributed by atoms with Crippen molar-refractivity contribution in [3.63, 3.8) is 0 Å². The van der Waals surface area contributed by atoms with Crippen molar-refractivity contribution in [3.8, 4) is 0 Å². The van der Waals surface area contributed by atoms with E-state index in [4.69, 9.17) is 10.8 Å². The first-order chi connectivity index (χ1) is 7.61. The van der Waals surface area contributed by atoms with Crippen molar-refractivity contribution in [2.75, 3.05) is 0 Å². The van der Waals surface area contributed by atoms with Crippen LogP contribution in [0.3, 0.4) is 0 Å². The van der Waals surface area contributed by atoms with Crippen LogP contribution in [-0.2, 0) is 11.2 Å². The fourth-order valence-electron chi connectivity index (χ4n) is 2.34. The van der Waals surface area contributed by atoms with Crippen LogP contribution in [0.25, 0.3) is 0 Å². The molecular formula is C12H15NO3. The molecule has 1 aliphatic rings. The van der Waals surface area contributed by atoms with Crippen LogP contribution in [0.4, 0.5) is 0 Å². The number of fused-ring (bicyclic) bond motifs is 1. The fraction of sp³-hybridized carbons (Fsp3) is 0.417. The van der Waals surface area contributed by atoms with Crippen molar-refractivity contribution in [2.45, 2.75) is 30.9 Å². The van der Waals surface area contributed by atoms with Crippen molar-refractivity contribution in [2.24, 2.45) is 5.73 Å². The number of carboxylic acid groups (broad SMARTS) is 1. The van der Waals surface area contributed by atoms with Crippen molar-refractivity contribution in [1.29, 1.82) is 0 Å². The second-order valence-electron chi connectivity index (χ2n) is 4.20. The first kappa shape index (κ1) is 11.1. The quantitative estimate of drug-likeness (QED) is 0.693. The van der Waals surface area contributed by atoms with Gasteiger partial charge in [-0.3, -0.25) is 4.79 Å². The number of aliphatic hydroxyl groups excluding tert-OH is 1. The Labute approximate surface area is 93.7 Å². The summed E-state index contributed by atoms with van der Waals surface area (Å²) in [6, 6.07) is 6.58. The van der Waals surface area contributed by atoms with Gasteiger partial charge in [-0.1, -0.05) is 24.3 Å². The summed E-state index contributed by atoms with van der Waals surface area (Å²) in [5.74, 6) is -1.31. The number of hydrogen-bond acceptors (Lipinski definition) is 3. The Balaban J connectivity index is 2.22. The average Bonchev–Trinajstić information content (AvgIpc) is 2.70. The van der Waals surface area contributed by atoms with Gasteiger partial charge in [-0.15, -0.1) is 0 Å². The van der Waals surface area contributed by atoms with E-state index in [0.29, 0.717) is 0 Å². The van der Waals surface area contributed by atoms with E-state index < -0.39 is 18.1 Å². The highest BCUT2D eigenvalue weighted by Crippen LogP contribution is 2.35. The van der Waals surface area contributed by atoms with E-state index >= 15 is 0 Å². The Morgan fingerprint density at radius 3 is 2.81 bits per heavy atom. The third-order valence-electron chi connectivity index (χ3n) is 3.24. The molecule has 3 unspecified atom stereocenters. The van der Waals surface area contributed by atoms with Gasteiger partial charge < -0.3 is 15.9 Å². The molecule has 1 aromatic carbocycles. The number of hydrogen-bond donors (Lipinski definition) is 3. The number of aliphatic hydroxyl groups is 1. The van der Waals surface area contributed by atoms with Gasteiger partial charge in [0.25, 0.3) is 0 Å². The molecule has 0 saturated heterocycles. The predicted molar refractivity (Wildman–Crippen MR) is 59.1 cm³/mol. The Morgan fingerprint density at radius 2 is 2.12 bits per heavy atom. The first-order valence-corrected chi connectivity index (χ1v) is 5.35. The molecule has 1 aromatic rings. The summed E-state index contributed by atoms with van der Waals surface area (Å²) in [7, 11) is 0. The lowest BCUT2D eigenvalue weighted by atomic mass is 9.91. The number of aryl methyl sites for hydroxylation is 1. The molecule has 4 N–H and O–H groups in total. The lowest BCUT2D eigenvalue weighted by Crippen LogP contribution is -2.44. The molecule has 0 fully saturated rings. The minimum atomic E-state index is -1.21. The third-order valence-corrected chi connectivity index (χ3v) is 3.24. The van der Waals surface area contributed by atoms with Crippen LogP contribution in [0, 0.1) is 0 Å². The van der Waals surface area contributed by atoms with Crippen LogP contribution >= 0.6 is 0 Å². The number of rotatable bonds is 3. The summed E-state index contributed by atoms with van der Waals surface area (Å²) in [5, 5.41) is 18.7. The topological polar surface area (TPSA) is 83.6 Å². The molecule has 0 amide bonds. The fourth-order valence-corrected chi connectivity index (χ4v) is 2.34. The highest BCUT2D eigenvalue weighted by atomic mass is 16.4. The molecule has 0 aromatic heterocycles. The van der Waals surface area contributed by atoms with E-state index in [1.807, 2.05) is 24.3 Å². The minimum absolute atomic E-state index is 0.151. The zero-order chi connectivity index (χ0) is 11.7. The van der Waals surface area contributed by atoms with Crippen LogP contribution in [0.1, 0.15) is 23.5 Å². The molecule has 86 valence electrons. The maximum absolute atomic E-state index is 10.7. The SMILES string of the molecule is NC(C(=O)O)C(O)C1CCc2ccccc21. The molecule has 3 atom stereocenters. The second-order valence-corrected chi connectivity index (χ2v) is 4.20. The predicted octanol–water partition coefficient (Wildman–Crippen LogP) is 0.489. The lowest BCUT2D eigenvalue weighted by Gasteiger charge is -2.22. The van der Waals surface area contributed by atoms with E-state index in [0.717, 1.165) is 18.4 Å². The molecule has 16 heavy (non-hydrogen) atoms. The second kappa shape index (κ2) is 4.23. The largest absolute Gasteiger partial charge is 0.480 e. The van der Waals surface area contributed by atoms with Gasteiger partial charge in [0.15, 0.2) is 0 Å². The van der Waals surface area contributed by atoms with E-state index in [-0.39, 0.29) is 5.92 Å². The monoisotopic (exact) mass is 221 g/mol. The summed E-state index contributed by atoms with van der Waals surface area (Å²) in [5.41, 5.74) is 7.67. The summed E-state index contributed by atoms with van der Waals surface area (Å²) < 4.78 is 0. The van der Waals surface area contributed by atoms with Gasteiger partial charge in [0.05, 0.1) is 6.10 Å². The molecule has 0 radical (unpaired) electrons. The summed E-state index contributed by atoms with van der Waals surface area (Å²) in [6.45, 7) is 0. The smallest absolute Gasteiger partial charge is 0.323 e. The third kappa shape index (κ3) is 1.81. The normalized spacial score (nSPS) is 22.5. The van der Waals surface area contributed by atoms with Gasteiger partial charge >= 0.3 is 5.97 Å². The van der Waals surface area contributed by atoms with E-state index in [9.17, 15) is 9.90 Å². The van der Waals surface area contributed by atoms with Crippen molar-refractivity contribution in [3.05, 3.63) is 35.4 Å². The molecule has 2 rings (SSSR count). The van der Waals surface area contributed by atoms with Gasteiger partial charge in [-0.2, -0.15) is 0 Å². The molecule has 4 heteroatoms. The molecule has 0 aliphatic heterocycles. The van der Waals surface area contributed by atoms with E-state index in [1.165, 1.54) is 5.56 Å². The Kier molecular flexibility index (Phi) is 2.94. The maximum Gasteiger partial charge on any atom is 0.323 e. The van der Waals surface area contributed by atoms with Gasteiger partial charge in [-0.25, -0.2) is 0 Å². The highest BCUT2D eigenvalue weighted by Gasteiger charge is 2.34. The molecule has 0 heterocycles. The number of aliphatic carboxylic acids is 1. The number of carboxylic acids is 1. The standard InChI is InChI=1S/C12H15NO3/c13-10(12(15)16)11(14)9-6-5-7-3-1-2-4-8(7)9/h1-4,9-11,14H,5-6,13H2,(H,15,16). The summed E-state index contributed by atoms with van der Waals surface area (Å²) >= 11 is 0. The average molecular weight is 221 g/mol. The molecule has 0 bridgehead atoms. The van der Waals surface area contributed by atoms with Gasteiger partial charge in [-0.05, 0) is 24.0 Å². The molecule has 0 saturated carbocycles. The van der Waals surface area contributed by atoms with Crippen molar-refractivity contribution < 1.29 is 15.0 Å². The molecule has 1 aliphatic carbocycles. The van der Waals surface area contributed by atoms with Gasteiger partial charge in [0, 0.05) is 5.92 Å². The lowest BCUT2D eigenvalue weighted by molar-refractivity contribution is -0.141. The van der Waals surface area contributed by atoms with Crippen molar-refractivity contribution in [1.82, 2.24) is 0 Å².